The molecule has 0 bridgehead atoms. The van der Waals surface area contributed by atoms with E-state index < -0.39 is 17.6 Å². The molecule has 33 heavy (non-hydrogen) atoms. The maximum atomic E-state index is 13.9. The zero-order valence-corrected chi connectivity index (χ0v) is 18.4. The van der Waals surface area contributed by atoms with Crippen LogP contribution in [0.25, 0.3) is 0 Å². The highest BCUT2D eigenvalue weighted by molar-refractivity contribution is 7.09. The molecule has 0 fully saturated rings. The monoisotopic (exact) mass is 462 g/mol. The first-order chi connectivity index (χ1) is 16.0. The largest absolute Gasteiger partial charge is 0.487 e. The highest BCUT2D eigenvalue weighted by atomic mass is 32.1. The summed E-state index contributed by atoms with van der Waals surface area (Å²) in [6, 6.07) is 15.2. The molecule has 0 radical (unpaired) electrons. The summed E-state index contributed by atoms with van der Waals surface area (Å²) in [5, 5.41) is 8.16. The lowest BCUT2D eigenvalue weighted by molar-refractivity contribution is 0.101. The third kappa shape index (κ3) is 5.78. The Hall–Kier alpha value is -4.11. The Morgan fingerprint density at radius 2 is 1.85 bits per heavy atom. The van der Waals surface area contributed by atoms with E-state index in [9.17, 15) is 14.0 Å². The van der Waals surface area contributed by atoms with Crippen LogP contribution in [-0.2, 0) is 6.61 Å². The minimum atomic E-state index is -0.559. The van der Waals surface area contributed by atoms with Gasteiger partial charge >= 0.3 is 0 Å². The smallest absolute Gasteiger partial charge is 0.274 e. The molecule has 0 saturated heterocycles. The van der Waals surface area contributed by atoms with E-state index in [2.05, 4.69) is 20.6 Å². The van der Waals surface area contributed by atoms with Crippen molar-refractivity contribution in [2.75, 3.05) is 10.6 Å². The lowest BCUT2D eigenvalue weighted by Crippen LogP contribution is -2.17. The van der Waals surface area contributed by atoms with Crippen LogP contribution in [0, 0.1) is 12.7 Å². The van der Waals surface area contributed by atoms with E-state index in [4.69, 9.17) is 4.74 Å². The summed E-state index contributed by atoms with van der Waals surface area (Å²) in [5.74, 6) is -1.03. The molecule has 9 heteroatoms. The summed E-state index contributed by atoms with van der Waals surface area (Å²) in [6.07, 6.45) is 1.49. The second-order valence-corrected chi connectivity index (χ2v) is 8.05. The second-order valence-electron chi connectivity index (χ2n) is 6.99. The number of rotatable bonds is 7. The third-order valence-corrected chi connectivity index (χ3v) is 5.35. The van der Waals surface area contributed by atoms with Gasteiger partial charge in [0, 0.05) is 17.1 Å². The van der Waals surface area contributed by atoms with Crippen LogP contribution >= 0.6 is 11.3 Å². The summed E-state index contributed by atoms with van der Waals surface area (Å²) in [7, 11) is 0. The minimum Gasteiger partial charge on any atom is -0.487 e. The Morgan fingerprint density at radius 3 is 2.61 bits per heavy atom. The van der Waals surface area contributed by atoms with E-state index in [-0.39, 0.29) is 23.7 Å². The van der Waals surface area contributed by atoms with Gasteiger partial charge in [-0.3, -0.25) is 14.6 Å². The van der Waals surface area contributed by atoms with Gasteiger partial charge in [-0.05, 0) is 55.5 Å². The van der Waals surface area contributed by atoms with Crippen LogP contribution in [0.4, 0.5) is 15.8 Å². The van der Waals surface area contributed by atoms with Gasteiger partial charge in [0.25, 0.3) is 11.8 Å². The van der Waals surface area contributed by atoms with Crippen molar-refractivity contribution in [2.45, 2.75) is 13.5 Å². The first-order valence-corrected chi connectivity index (χ1v) is 10.8. The Morgan fingerprint density at radius 1 is 1.00 bits per heavy atom. The summed E-state index contributed by atoms with van der Waals surface area (Å²) < 4.78 is 19.6. The summed E-state index contributed by atoms with van der Waals surface area (Å²) in [4.78, 5) is 33.6. The van der Waals surface area contributed by atoms with Crippen LogP contribution in [0.2, 0.25) is 0 Å². The molecule has 0 aliphatic heterocycles. The van der Waals surface area contributed by atoms with Crippen molar-refractivity contribution in [1.29, 1.82) is 0 Å². The molecular formula is C24H19FN4O3S. The number of hydrogen-bond acceptors (Lipinski definition) is 6. The number of aromatic nitrogens is 2. The molecule has 2 N–H and O–H groups in total. The van der Waals surface area contributed by atoms with E-state index in [0.29, 0.717) is 11.3 Å². The van der Waals surface area contributed by atoms with Crippen LogP contribution in [0.15, 0.2) is 72.2 Å². The molecular weight excluding hydrogens is 443 g/mol. The third-order valence-electron chi connectivity index (χ3n) is 4.53. The quantitative estimate of drug-likeness (QED) is 0.400. The average molecular weight is 463 g/mol. The van der Waals surface area contributed by atoms with Gasteiger partial charge in [0.2, 0.25) is 0 Å². The van der Waals surface area contributed by atoms with Gasteiger partial charge in [-0.2, -0.15) is 0 Å². The second kappa shape index (κ2) is 10.0. The zero-order chi connectivity index (χ0) is 23.2. The lowest BCUT2D eigenvalue weighted by atomic mass is 10.2. The Bertz CT molecular complexity index is 1290. The van der Waals surface area contributed by atoms with Crippen molar-refractivity contribution in [3.63, 3.8) is 0 Å². The van der Waals surface area contributed by atoms with Crippen LogP contribution in [-0.4, -0.2) is 21.8 Å². The van der Waals surface area contributed by atoms with Crippen molar-refractivity contribution in [2.24, 2.45) is 0 Å². The molecule has 2 amide bonds. The normalized spacial score (nSPS) is 10.5. The number of hydrogen-bond donors (Lipinski definition) is 2. The SMILES string of the molecule is Cc1nc(COc2cccc(C(=O)Nc3cc(F)ccc3NC(=O)c3ccccn3)c2)cs1. The van der Waals surface area contributed by atoms with Crippen molar-refractivity contribution in [1.82, 2.24) is 9.97 Å². The molecule has 4 aromatic rings. The van der Waals surface area contributed by atoms with Crippen molar-refractivity contribution in [3.8, 4) is 5.75 Å². The van der Waals surface area contributed by atoms with E-state index >= 15 is 0 Å². The molecule has 0 unspecified atom stereocenters. The van der Waals surface area contributed by atoms with Crippen LogP contribution in [0.1, 0.15) is 31.5 Å². The summed E-state index contributed by atoms with van der Waals surface area (Å²) in [6.45, 7) is 2.20. The minimum absolute atomic E-state index is 0.119. The van der Waals surface area contributed by atoms with Gasteiger partial charge in [-0.1, -0.05) is 12.1 Å². The van der Waals surface area contributed by atoms with Crippen LogP contribution in [0.3, 0.4) is 0 Å². The molecule has 0 saturated carbocycles. The maximum absolute atomic E-state index is 13.9. The molecule has 0 atom stereocenters. The number of amides is 2. The average Bonchev–Trinajstić information content (AvgIpc) is 3.25. The van der Waals surface area contributed by atoms with Gasteiger partial charge in [-0.25, -0.2) is 9.37 Å². The number of carbonyl (C=O) groups excluding carboxylic acids is 2. The topological polar surface area (TPSA) is 93.2 Å². The number of aryl methyl sites for hydroxylation is 1. The predicted molar refractivity (Wildman–Crippen MR) is 124 cm³/mol. The van der Waals surface area contributed by atoms with E-state index in [1.807, 2.05) is 12.3 Å². The van der Waals surface area contributed by atoms with Crippen molar-refractivity contribution < 1.29 is 18.7 Å². The molecule has 2 aromatic carbocycles. The highest BCUT2D eigenvalue weighted by Gasteiger charge is 2.14. The van der Waals surface area contributed by atoms with Crippen LogP contribution in [0.5, 0.6) is 5.75 Å². The number of nitrogens with zero attached hydrogens (tertiary/aromatic N) is 2. The van der Waals surface area contributed by atoms with E-state index in [0.717, 1.165) is 16.8 Å². The Kier molecular flexibility index (Phi) is 6.70. The molecule has 0 spiro atoms. The molecule has 2 aromatic heterocycles. The molecule has 0 aliphatic carbocycles. The number of carbonyl (C=O) groups is 2. The first-order valence-electron chi connectivity index (χ1n) is 9.95. The first kappa shape index (κ1) is 22.1. The van der Waals surface area contributed by atoms with E-state index in [1.54, 1.807) is 42.5 Å². The summed E-state index contributed by atoms with van der Waals surface area (Å²) >= 11 is 1.53. The number of anilines is 2. The van der Waals surface area contributed by atoms with Crippen molar-refractivity contribution >= 4 is 34.5 Å². The predicted octanol–water partition coefficient (Wildman–Crippen LogP) is 5.07. The number of thiazole rings is 1. The maximum Gasteiger partial charge on any atom is 0.274 e. The number of benzene rings is 2. The summed E-state index contributed by atoms with van der Waals surface area (Å²) in [5.41, 5.74) is 1.67. The fourth-order valence-corrected chi connectivity index (χ4v) is 3.56. The number of halogens is 1. The van der Waals surface area contributed by atoms with Crippen LogP contribution < -0.4 is 15.4 Å². The Labute approximate surface area is 193 Å². The number of nitrogens with one attached hydrogen (secondary N) is 2. The highest BCUT2D eigenvalue weighted by Crippen LogP contribution is 2.25. The van der Waals surface area contributed by atoms with Gasteiger partial charge in [-0.15, -0.1) is 11.3 Å². The fourth-order valence-electron chi connectivity index (χ4n) is 2.97. The van der Waals surface area contributed by atoms with Crippen molar-refractivity contribution in [3.05, 3.63) is 100 Å². The van der Waals surface area contributed by atoms with Gasteiger partial charge in [0.15, 0.2) is 0 Å². The number of ether oxygens (including phenoxy) is 1. The molecule has 0 aliphatic rings. The van der Waals surface area contributed by atoms with E-state index in [1.165, 1.54) is 29.7 Å². The fraction of sp³-hybridized carbons (Fsp3) is 0.0833. The molecule has 7 nitrogen and oxygen atoms in total. The van der Waals surface area contributed by atoms with Gasteiger partial charge in [0.05, 0.1) is 22.1 Å². The van der Waals surface area contributed by atoms with Gasteiger partial charge in [0.1, 0.15) is 23.9 Å². The Balaban J connectivity index is 1.48. The standard InChI is InChI=1S/C24H19FN4O3S/c1-15-27-18(14-33-15)13-32-19-6-4-5-16(11-19)23(30)29-22-12-17(25)8-9-20(22)28-24(31)21-7-2-3-10-26-21/h2-12,14H,13H2,1H3,(H,28,31)(H,29,30). The lowest BCUT2D eigenvalue weighted by Gasteiger charge is -2.13. The number of pyridine rings is 1. The van der Waals surface area contributed by atoms with Gasteiger partial charge < -0.3 is 15.4 Å². The zero-order valence-electron chi connectivity index (χ0n) is 17.5. The molecule has 4 rings (SSSR count). The molecule has 2 heterocycles. The molecule has 166 valence electrons.